The SMILES string of the molecule is CCn1nc(C)cc1C(=O)NC1CCCCCC1C(=O)OC. The summed E-state index contributed by atoms with van der Waals surface area (Å²) in [6, 6.07) is 1.62. The molecule has 6 heteroatoms. The molecule has 22 heavy (non-hydrogen) atoms. The minimum absolute atomic E-state index is 0.164. The summed E-state index contributed by atoms with van der Waals surface area (Å²) in [4.78, 5) is 24.5. The highest BCUT2D eigenvalue weighted by atomic mass is 16.5. The van der Waals surface area contributed by atoms with Crippen LogP contribution in [0.3, 0.4) is 0 Å². The summed E-state index contributed by atoms with van der Waals surface area (Å²) in [5, 5.41) is 7.32. The maximum absolute atomic E-state index is 12.6. The van der Waals surface area contributed by atoms with E-state index in [1.165, 1.54) is 7.11 Å². The van der Waals surface area contributed by atoms with Crippen molar-refractivity contribution in [2.24, 2.45) is 5.92 Å². The number of carbonyl (C=O) groups excluding carboxylic acids is 2. The van der Waals surface area contributed by atoms with E-state index >= 15 is 0 Å². The summed E-state index contributed by atoms with van der Waals surface area (Å²) in [6.45, 7) is 4.46. The van der Waals surface area contributed by atoms with Gasteiger partial charge in [-0.2, -0.15) is 5.10 Å². The van der Waals surface area contributed by atoms with Gasteiger partial charge < -0.3 is 10.1 Å². The van der Waals surface area contributed by atoms with Crippen LogP contribution in [0.5, 0.6) is 0 Å². The van der Waals surface area contributed by atoms with E-state index in [9.17, 15) is 9.59 Å². The first-order valence-corrected chi connectivity index (χ1v) is 8.00. The van der Waals surface area contributed by atoms with Gasteiger partial charge in [0.2, 0.25) is 0 Å². The molecular formula is C16H25N3O3. The summed E-state index contributed by atoms with van der Waals surface area (Å²) in [7, 11) is 1.40. The molecule has 1 fully saturated rings. The Kier molecular flexibility index (Phi) is 5.57. The lowest BCUT2D eigenvalue weighted by molar-refractivity contribution is -0.146. The minimum atomic E-state index is -0.254. The minimum Gasteiger partial charge on any atom is -0.469 e. The Morgan fingerprint density at radius 3 is 2.77 bits per heavy atom. The Morgan fingerprint density at radius 1 is 1.36 bits per heavy atom. The monoisotopic (exact) mass is 307 g/mol. The van der Waals surface area contributed by atoms with Crippen LogP contribution in [-0.2, 0) is 16.1 Å². The standard InChI is InChI=1S/C16H25N3O3/c1-4-19-14(10-11(2)18-19)15(20)17-13-9-7-5-6-8-12(13)16(21)22-3/h10,12-13H,4-9H2,1-3H3,(H,17,20). The van der Waals surface area contributed by atoms with Crippen molar-refractivity contribution in [3.63, 3.8) is 0 Å². The number of esters is 1. The molecule has 0 aromatic carbocycles. The molecule has 0 bridgehead atoms. The summed E-state index contributed by atoms with van der Waals surface area (Å²) >= 11 is 0. The molecule has 122 valence electrons. The zero-order valence-corrected chi connectivity index (χ0v) is 13.6. The largest absolute Gasteiger partial charge is 0.469 e. The van der Waals surface area contributed by atoms with Gasteiger partial charge in [0.15, 0.2) is 0 Å². The van der Waals surface area contributed by atoms with Gasteiger partial charge in [-0.1, -0.05) is 19.3 Å². The van der Waals surface area contributed by atoms with Gasteiger partial charge in [-0.05, 0) is 32.8 Å². The van der Waals surface area contributed by atoms with Gasteiger partial charge in [-0.15, -0.1) is 0 Å². The average Bonchev–Trinajstić information content (AvgIpc) is 2.75. The highest BCUT2D eigenvalue weighted by molar-refractivity contribution is 5.93. The quantitative estimate of drug-likeness (QED) is 0.682. The molecule has 1 heterocycles. The van der Waals surface area contributed by atoms with Gasteiger partial charge in [0.05, 0.1) is 18.7 Å². The van der Waals surface area contributed by atoms with Crippen LogP contribution in [0, 0.1) is 12.8 Å². The van der Waals surface area contributed by atoms with Crippen molar-refractivity contribution in [1.29, 1.82) is 0 Å². The van der Waals surface area contributed by atoms with Crippen molar-refractivity contribution in [2.75, 3.05) is 7.11 Å². The zero-order chi connectivity index (χ0) is 16.1. The fraction of sp³-hybridized carbons (Fsp3) is 0.688. The average molecular weight is 307 g/mol. The summed E-state index contributed by atoms with van der Waals surface area (Å²) < 4.78 is 6.59. The molecule has 0 saturated heterocycles. The molecule has 0 spiro atoms. The molecule has 0 aliphatic heterocycles. The highest BCUT2D eigenvalue weighted by Crippen LogP contribution is 2.25. The molecule has 1 N–H and O–H groups in total. The van der Waals surface area contributed by atoms with Crippen LogP contribution in [-0.4, -0.2) is 34.8 Å². The number of carbonyl (C=O) groups is 2. The third-order valence-electron chi connectivity index (χ3n) is 4.27. The fourth-order valence-corrected chi connectivity index (χ4v) is 3.13. The molecule has 6 nitrogen and oxygen atoms in total. The topological polar surface area (TPSA) is 73.2 Å². The van der Waals surface area contributed by atoms with Crippen LogP contribution < -0.4 is 5.32 Å². The number of hydrogen-bond donors (Lipinski definition) is 1. The number of aromatic nitrogens is 2. The van der Waals surface area contributed by atoms with Crippen molar-refractivity contribution >= 4 is 11.9 Å². The molecule has 1 aromatic heterocycles. The van der Waals surface area contributed by atoms with Gasteiger partial charge in [0, 0.05) is 12.6 Å². The van der Waals surface area contributed by atoms with E-state index in [0.717, 1.165) is 37.8 Å². The van der Waals surface area contributed by atoms with E-state index in [2.05, 4.69) is 10.4 Å². The number of aryl methyl sites for hydroxylation is 2. The number of nitrogens with one attached hydrogen (secondary N) is 1. The molecule has 1 amide bonds. The van der Waals surface area contributed by atoms with Crippen molar-refractivity contribution < 1.29 is 14.3 Å². The molecule has 2 rings (SSSR count). The van der Waals surface area contributed by atoms with Crippen LogP contribution >= 0.6 is 0 Å². The molecule has 0 radical (unpaired) electrons. The summed E-state index contributed by atoms with van der Waals surface area (Å²) in [6.07, 6.45) is 4.68. The molecule has 1 aromatic rings. The van der Waals surface area contributed by atoms with Crippen molar-refractivity contribution in [3.8, 4) is 0 Å². The molecule has 2 atom stereocenters. The van der Waals surface area contributed by atoms with Crippen molar-refractivity contribution in [2.45, 2.75) is 58.5 Å². The smallest absolute Gasteiger partial charge is 0.310 e. The van der Waals surface area contributed by atoms with Crippen molar-refractivity contribution in [1.82, 2.24) is 15.1 Å². The summed E-state index contributed by atoms with van der Waals surface area (Å²) in [5.74, 6) is -0.647. The molecule has 2 unspecified atom stereocenters. The second-order valence-electron chi connectivity index (χ2n) is 5.83. The van der Waals surface area contributed by atoms with Gasteiger partial charge >= 0.3 is 5.97 Å². The number of nitrogens with zero attached hydrogens (tertiary/aromatic N) is 2. The van der Waals surface area contributed by atoms with E-state index in [-0.39, 0.29) is 23.8 Å². The van der Waals surface area contributed by atoms with E-state index in [0.29, 0.717) is 12.2 Å². The van der Waals surface area contributed by atoms with E-state index in [1.807, 2.05) is 13.8 Å². The Hall–Kier alpha value is -1.85. The van der Waals surface area contributed by atoms with Gasteiger partial charge in [-0.25, -0.2) is 0 Å². The van der Waals surface area contributed by atoms with Crippen LogP contribution in [0.1, 0.15) is 55.2 Å². The first kappa shape index (κ1) is 16.5. The van der Waals surface area contributed by atoms with E-state index < -0.39 is 0 Å². The predicted octanol–water partition coefficient (Wildman–Crippen LogP) is 2.06. The third kappa shape index (κ3) is 3.67. The molecule has 1 saturated carbocycles. The molecular weight excluding hydrogens is 282 g/mol. The lowest BCUT2D eigenvalue weighted by atomic mass is 9.94. The highest BCUT2D eigenvalue weighted by Gasteiger charge is 2.32. The number of methoxy groups -OCH3 is 1. The van der Waals surface area contributed by atoms with Crippen molar-refractivity contribution in [3.05, 3.63) is 17.5 Å². The van der Waals surface area contributed by atoms with Crippen LogP contribution in [0.4, 0.5) is 0 Å². The number of ether oxygens (including phenoxy) is 1. The fourth-order valence-electron chi connectivity index (χ4n) is 3.13. The Balaban J connectivity index is 2.14. The normalized spacial score (nSPS) is 22.0. The maximum atomic E-state index is 12.6. The lowest BCUT2D eigenvalue weighted by Crippen LogP contribution is -2.43. The Bertz CT molecular complexity index is 539. The number of rotatable bonds is 4. The Labute approximate surface area is 131 Å². The van der Waals surface area contributed by atoms with Gasteiger partial charge in [-0.3, -0.25) is 14.3 Å². The number of hydrogen-bond acceptors (Lipinski definition) is 4. The second kappa shape index (κ2) is 7.42. The number of amides is 1. The Morgan fingerprint density at radius 2 is 2.09 bits per heavy atom. The van der Waals surface area contributed by atoms with Gasteiger partial charge in [0.25, 0.3) is 5.91 Å². The second-order valence-corrected chi connectivity index (χ2v) is 5.83. The van der Waals surface area contributed by atoms with Crippen LogP contribution in [0.15, 0.2) is 6.07 Å². The third-order valence-corrected chi connectivity index (χ3v) is 4.27. The molecule has 1 aliphatic carbocycles. The first-order valence-electron chi connectivity index (χ1n) is 8.00. The van der Waals surface area contributed by atoms with Crippen LogP contribution in [0.25, 0.3) is 0 Å². The zero-order valence-electron chi connectivity index (χ0n) is 13.6. The van der Waals surface area contributed by atoms with E-state index in [4.69, 9.17) is 4.74 Å². The van der Waals surface area contributed by atoms with E-state index in [1.54, 1.807) is 10.7 Å². The molecule has 1 aliphatic rings. The summed E-state index contributed by atoms with van der Waals surface area (Å²) in [5.41, 5.74) is 1.37. The van der Waals surface area contributed by atoms with Gasteiger partial charge in [0.1, 0.15) is 5.69 Å². The lowest BCUT2D eigenvalue weighted by Gasteiger charge is -2.24. The first-order chi connectivity index (χ1) is 10.6. The van der Waals surface area contributed by atoms with Crippen LogP contribution in [0.2, 0.25) is 0 Å². The predicted molar refractivity (Wildman–Crippen MR) is 82.5 cm³/mol. The maximum Gasteiger partial charge on any atom is 0.310 e.